The number of nitrogens with zero attached hydrogens (tertiary/aromatic N) is 6. The zero-order valence-corrected chi connectivity index (χ0v) is 10.9. The largest absolute Gasteiger partial charge is 0.368 e. The average Bonchev–Trinajstić information content (AvgIpc) is 3.04. The summed E-state index contributed by atoms with van der Waals surface area (Å²) in [6.45, 7) is 0.714. The molecule has 1 aliphatic heterocycles. The number of carbonyl (C=O) groups is 1. The summed E-state index contributed by atoms with van der Waals surface area (Å²) in [6.07, 6.45) is 5.59. The first-order chi connectivity index (χ1) is 9.63. The van der Waals surface area contributed by atoms with Gasteiger partial charge in [0, 0.05) is 26.0 Å². The molecular formula is C11H14N8O. The number of nitrogen functional groups attached to an aromatic ring is 1. The minimum absolute atomic E-state index is 0.0214. The van der Waals surface area contributed by atoms with Gasteiger partial charge in [-0.3, -0.25) is 9.36 Å². The number of hydrogen-bond acceptors (Lipinski definition) is 7. The van der Waals surface area contributed by atoms with Crippen molar-refractivity contribution in [3.63, 3.8) is 0 Å². The molecule has 2 aromatic rings. The van der Waals surface area contributed by atoms with E-state index in [2.05, 4.69) is 25.3 Å². The molecule has 3 rings (SSSR count). The highest BCUT2D eigenvalue weighted by atomic mass is 16.2. The normalized spacial score (nSPS) is 18.6. The first kappa shape index (κ1) is 12.3. The summed E-state index contributed by atoms with van der Waals surface area (Å²) in [6, 6.07) is -0.322. The molecule has 9 heteroatoms. The van der Waals surface area contributed by atoms with Gasteiger partial charge in [0.25, 0.3) is 0 Å². The number of nitrogens with two attached hydrogens (primary N) is 1. The summed E-state index contributed by atoms with van der Waals surface area (Å²) >= 11 is 0. The Morgan fingerprint density at radius 2 is 2.25 bits per heavy atom. The average molecular weight is 274 g/mol. The van der Waals surface area contributed by atoms with E-state index in [1.165, 1.54) is 0 Å². The summed E-state index contributed by atoms with van der Waals surface area (Å²) in [5.74, 6) is 0.754. The molecule has 3 heterocycles. The minimum Gasteiger partial charge on any atom is -0.368 e. The van der Waals surface area contributed by atoms with Crippen molar-refractivity contribution in [2.24, 2.45) is 0 Å². The van der Waals surface area contributed by atoms with Crippen LogP contribution in [0.15, 0.2) is 18.7 Å². The van der Waals surface area contributed by atoms with Crippen molar-refractivity contribution in [2.45, 2.75) is 12.5 Å². The van der Waals surface area contributed by atoms with Gasteiger partial charge in [-0.05, 0) is 6.42 Å². The number of imidazole rings is 1. The SMILES string of the molecule is CN1CCC(Nc2nc(N)nc(-n3ccnc3)n2)C1=O. The predicted octanol–water partition coefficient (Wildman–Crippen LogP) is -0.718. The number of likely N-dealkylation sites (tertiary alicyclic amines) is 1. The minimum atomic E-state index is -0.322. The summed E-state index contributed by atoms with van der Waals surface area (Å²) in [5.41, 5.74) is 5.67. The van der Waals surface area contributed by atoms with Gasteiger partial charge in [-0.15, -0.1) is 0 Å². The van der Waals surface area contributed by atoms with Crippen LogP contribution in [0.5, 0.6) is 0 Å². The molecule has 0 saturated carbocycles. The lowest BCUT2D eigenvalue weighted by Crippen LogP contribution is -2.31. The number of carbonyl (C=O) groups excluding carboxylic acids is 1. The molecular weight excluding hydrogens is 260 g/mol. The van der Waals surface area contributed by atoms with Crippen LogP contribution in [0.25, 0.3) is 5.95 Å². The summed E-state index contributed by atoms with van der Waals surface area (Å²) < 4.78 is 1.62. The van der Waals surface area contributed by atoms with Crippen LogP contribution in [0.2, 0.25) is 0 Å². The number of likely N-dealkylation sites (N-methyl/N-ethyl adjacent to an activating group) is 1. The second-order valence-corrected chi connectivity index (χ2v) is 4.53. The standard InChI is InChI=1S/C11H14N8O/c1-18-4-2-7(8(18)20)14-10-15-9(12)16-11(17-10)19-5-3-13-6-19/h3,5-7H,2,4H2,1H3,(H3,12,14,15,16,17). The maximum absolute atomic E-state index is 11.9. The fourth-order valence-corrected chi connectivity index (χ4v) is 2.05. The molecule has 2 aromatic heterocycles. The molecule has 1 aliphatic rings. The Morgan fingerprint density at radius 1 is 1.40 bits per heavy atom. The van der Waals surface area contributed by atoms with Crippen molar-refractivity contribution in [1.29, 1.82) is 0 Å². The Kier molecular flexibility index (Phi) is 2.93. The summed E-state index contributed by atoms with van der Waals surface area (Å²) in [7, 11) is 1.77. The molecule has 0 bridgehead atoms. The number of nitrogens with one attached hydrogen (secondary N) is 1. The molecule has 9 nitrogen and oxygen atoms in total. The van der Waals surface area contributed by atoms with E-state index in [-0.39, 0.29) is 23.8 Å². The maximum Gasteiger partial charge on any atom is 0.244 e. The first-order valence-electron chi connectivity index (χ1n) is 6.15. The molecule has 1 unspecified atom stereocenters. The van der Waals surface area contributed by atoms with Crippen LogP contribution in [-0.4, -0.2) is 54.9 Å². The van der Waals surface area contributed by atoms with Crippen LogP contribution < -0.4 is 11.1 Å². The van der Waals surface area contributed by atoms with Crippen molar-refractivity contribution in [1.82, 2.24) is 29.4 Å². The number of amides is 1. The van der Waals surface area contributed by atoms with Gasteiger partial charge < -0.3 is 16.0 Å². The molecule has 0 radical (unpaired) electrons. The van der Waals surface area contributed by atoms with E-state index in [9.17, 15) is 4.79 Å². The molecule has 104 valence electrons. The van der Waals surface area contributed by atoms with Crippen LogP contribution in [0.3, 0.4) is 0 Å². The first-order valence-corrected chi connectivity index (χ1v) is 6.15. The molecule has 1 amide bonds. The van der Waals surface area contributed by atoms with Gasteiger partial charge in [0.1, 0.15) is 12.4 Å². The summed E-state index contributed by atoms with van der Waals surface area (Å²) in [5, 5.41) is 3.00. The number of aromatic nitrogens is 5. The third-order valence-corrected chi connectivity index (χ3v) is 3.11. The Labute approximate surface area is 114 Å². The van der Waals surface area contributed by atoms with Gasteiger partial charge in [-0.1, -0.05) is 0 Å². The van der Waals surface area contributed by atoms with Gasteiger partial charge in [0.2, 0.25) is 23.8 Å². The van der Waals surface area contributed by atoms with Crippen LogP contribution >= 0.6 is 0 Å². The zero-order chi connectivity index (χ0) is 14.1. The third-order valence-electron chi connectivity index (χ3n) is 3.11. The molecule has 0 spiro atoms. The Morgan fingerprint density at radius 3 is 2.90 bits per heavy atom. The van der Waals surface area contributed by atoms with Crippen LogP contribution in [0.1, 0.15) is 6.42 Å². The fraction of sp³-hybridized carbons (Fsp3) is 0.364. The smallest absolute Gasteiger partial charge is 0.244 e. The van der Waals surface area contributed by atoms with Crippen molar-refractivity contribution in [2.75, 3.05) is 24.6 Å². The molecule has 3 N–H and O–H groups in total. The molecule has 0 aliphatic carbocycles. The molecule has 1 saturated heterocycles. The number of rotatable bonds is 3. The van der Waals surface area contributed by atoms with Gasteiger partial charge in [-0.25, -0.2) is 4.98 Å². The second-order valence-electron chi connectivity index (χ2n) is 4.53. The molecule has 0 aromatic carbocycles. The molecule has 1 atom stereocenters. The van der Waals surface area contributed by atoms with Crippen molar-refractivity contribution in [3.8, 4) is 5.95 Å². The fourth-order valence-electron chi connectivity index (χ4n) is 2.05. The van der Waals surface area contributed by atoms with Gasteiger partial charge in [0.15, 0.2) is 0 Å². The quantitative estimate of drug-likeness (QED) is 0.759. The molecule has 20 heavy (non-hydrogen) atoms. The van der Waals surface area contributed by atoms with E-state index in [4.69, 9.17) is 5.73 Å². The van der Waals surface area contributed by atoms with E-state index < -0.39 is 0 Å². The van der Waals surface area contributed by atoms with Crippen LogP contribution in [0.4, 0.5) is 11.9 Å². The highest BCUT2D eigenvalue weighted by Gasteiger charge is 2.29. The van der Waals surface area contributed by atoms with E-state index in [1.54, 1.807) is 35.2 Å². The van der Waals surface area contributed by atoms with E-state index >= 15 is 0 Å². The lowest BCUT2D eigenvalue weighted by atomic mass is 10.2. The van der Waals surface area contributed by atoms with Crippen LogP contribution in [-0.2, 0) is 4.79 Å². The lowest BCUT2D eigenvalue weighted by Gasteiger charge is -2.12. The van der Waals surface area contributed by atoms with E-state index in [0.29, 0.717) is 18.9 Å². The molecule has 1 fully saturated rings. The van der Waals surface area contributed by atoms with Crippen molar-refractivity contribution in [3.05, 3.63) is 18.7 Å². The van der Waals surface area contributed by atoms with E-state index in [1.807, 2.05) is 0 Å². The zero-order valence-electron chi connectivity index (χ0n) is 10.9. The van der Waals surface area contributed by atoms with Crippen molar-refractivity contribution >= 4 is 17.8 Å². The highest BCUT2D eigenvalue weighted by molar-refractivity contribution is 5.86. The summed E-state index contributed by atoms with van der Waals surface area (Å²) in [4.78, 5) is 29.7. The van der Waals surface area contributed by atoms with Gasteiger partial charge in [0.05, 0.1) is 0 Å². The maximum atomic E-state index is 11.9. The van der Waals surface area contributed by atoms with Crippen molar-refractivity contribution < 1.29 is 4.79 Å². The number of hydrogen-bond donors (Lipinski definition) is 2. The van der Waals surface area contributed by atoms with E-state index in [0.717, 1.165) is 0 Å². The lowest BCUT2D eigenvalue weighted by molar-refractivity contribution is -0.127. The Hall–Kier alpha value is -2.71. The second kappa shape index (κ2) is 4.76. The Balaban J connectivity index is 1.85. The monoisotopic (exact) mass is 274 g/mol. The topological polar surface area (TPSA) is 115 Å². The van der Waals surface area contributed by atoms with Crippen LogP contribution in [0, 0.1) is 0 Å². The van der Waals surface area contributed by atoms with Gasteiger partial charge >= 0.3 is 0 Å². The number of anilines is 2. The Bertz CT molecular complexity index is 625. The predicted molar refractivity (Wildman–Crippen MR) is 71.0 cm³/mol. The van der Waals surface area contributed by atoms with Gasteiger partial charge in [-0.2, -0.15) is 15.0 Å². The third kappa shape index (κ3) is 2.25. The highest BCUT2D eigenvalue weighted by Crippen LogP contribution is 2.14.